The van der Waals surface area contributed by atoms with Gasteiger partial charge >= 0.3 is 12.1 Å². The molecule has 0 bridgehead atoms. The molecule has 0 unspecified atom stereocenters. The van der Waals surface area contributed by atoms with Crippen LogP contribution in [0.3, 0.4) is 0 Å². The molecule has 18 heavy (non-hydrogen) atoms. The van der Waals surface area contributed by atoms with Crippen molar-refractivity contribution >= 4 is 24.7 Å². The van der Waals surface area contributed by atoms with Gasteiger partial charge in [0.1, 0.15) is 11.6 Å². The largest absolute Gasteiger partial charge is 0.480 e. The fourth-order valence-electron chi connectivity index (χ4n) is 1.35. The molecule has 0 fully saturated rings. The highest BCUT2D eigenvalue weighted by Gasteiger charge is 2.32. The summed E-state index contributed by atoms with van der Waals surface area (Å²) in [6, 6.07) is -0.967. The first kappa shape index (κ1) is 17.1. The molecule has 0 heterocycles. The zero-order chi connectivity index (χ0) is 14.5. The van der Waals surface area contributed by atoms with E-state index in [-0.39, 0.29) is 11.7 Å². The summed E-state index contributed by atoms with van der Waals surface area (Å²) in [5.74, 6) is -0.864. The molecule has 6 heteroatoms. The third-order valence-corrected chi connectivity index (χ3v) is 2.37. The lowest BCUT2D eigenvalue weighted by atomic mass is 10.1. The highest BCUT2D eigenvalue weighted by molar-refractivity contribution is 7.80. The van der Waals surface area contributed by atoms with Gasteiger partial charge < -0.3 is 9.84 Å². The van der Waals surface area contributed by atoms with Crippen molar-refractivity contribution in [2.24, 2.45) is 5.92 Å². The molecule has 0 saturated heterocycles. The van der Waals surface area contributed by atoms with Crippen molar-refractivity contribution in [3.05, 3.63) is 0 Å². The summed E-state index contributed by atoms with van der Waals surface area (Å²) in [4.78, 5) is 24.4. The number of carbonyl (C=O) groups is 2. The number of amides is 1. The van der Waals surface area contributed by atoms with Gasteiger partial charge in [0.2, 0.25) is 0 Å². The van der Waals surface area contributed by atoms with E-state index in [1.807, 2.05) is 13.8 Å². The van der Waals surface area contributed by atoms with Crippen molar-refractivity contribution in [1.82, 2.24) is 4.90 Å². The van der Waals surface area contributed by atoms with Gasteiger partial charge in [-0.2, -0.15) is 12.6 Å². The maximum Gasteiger partial charge on any atom is 0.411 e. The first-order chi connectivity index (χ1) is 8.08. The number of rotatable bonds is 5. The van der Waals surface area contributed by atoms with Crippen LogP contribution in [0.15, 0.2) is 0 Å². The van der Waals surface area contributed by atoms with Gasteiger partial charge in [-0.3, -0.25) is 4.90 Å². The normalized spacial score (nSPS) is 13.3. The van der Waals surface area contributed by atoms with Crippen LogP contribution in [0.1, 0.15) is 34.6 Å². The molecule has 0 aliphatic rings. The highest BCUT2D eigenvalue weighted by Crippen LogP contribution is 2.14. The summed E-state index contributed by atoms with van der Waals surface area (Å²) >= 11 is 3.99. The smallest absolute Gasteiger partial charge is 0.411 e. The number of nitrogens with zero attached hydrogens (tertiary/aromatic N) is 1. The van der Waals surface area contributed by atoms with Crippen LogP contribution in [0.5, 0.6) is 0 Å². The summed E-state index contributed by atoms with van der Waals surface area (Å²) in [7, 11) is 0. The van der Waals surface area contributed by atoms with Crippen LogP contribution >= 0.6 is 12.6 Å². The van der Waals surface area contributed by atoms with E-state index in [1.165, 1.54) is 4.90 Å². The van der Waals surface area contributed by atoms with Crippen molar-refractivity contribution < 1.29 is 19.4 Å². The van der Waals surface area contributed by atoms with Gasteiger partial charge in [0.05, 0.1) is 0 Å². The molecular formula is C12H23NO4S. The van der Waals surface area contributed by atoms with E-state index in [9.17, 15) is 9.59 Å². The molecule has 0 saturated carbocycles. The summed E-state index contributed by atoms with van der Waals surface area (Å²) in [6.45, 7) is 9.38. The molecule has 0 aromatic carbocycles. The molecule has 5 nitrogen and oxygen atoms in total. The standard InChI is InChI=1S/C12H23NO4S/c1-8(2)6-13(9(7-18)10(14)15)11(16)17-12(3,4)5/h8-9,18H,6-7H2,1-5H3,(H,14,15)/t9-/m1/s1. The minimum Gasteiger partial charge on any atom is -0.480 e. The number of thiol groups is 1. The van der Waals surface area contributed by atoms with Gasteiger partial charge in [0.25, 0.3) is 0 Å². The Balaban J connectivity index is 4.97. The van der Waals surface area contributed by atoms with E-state index >= 15 is 0 Å². The molecule has 0 aliphatic heterocycles. The quantitative estimate of drug-likeness (QED) is 0.756. The molecule has 0 aromatic heterocycles. The van der Waals surface area contributed by atoms with E-state index in [0.29, 0.717) is 6.54 Å². The van der Waals surface area contributed by atoms with Crippen LogP contribution < -0.4 is 0 Å². The Morgan fingerprint density at radius 2 is 1.83 bits per heavy atom. The maximum absolute atomic E-state index is 12.0. The summed E-state index contributed by atoms with van der Waals surface area (Å²) in [5.41, 5.74) is -0.647. The minimum absolute atomic E-state index is 0.0568. The summed E-state index contributed by atoms with van der Waals surface area (Å²) in [5, 5.41) is 9.11. The van der Waals surface area contributed by atoms with Crippen molar-refractivity contribution in [3.63, 3.8) is 0 Å². The molecule has 0 spiro atoms. The lowest BCUT2D eigenvalue weighted by Gasteiger charge is -2.31. The molecule has 1 N–H and O–H groups in total. The van der Waals surface area contributed by atoms with Crippen LogP contribution in [-0.4, -0.2) is 46.0 Å². The van der Waals surface area contributed by atoms with E-state index in [0.717, 1.165) is 0 Å². The molecule has 0 radical (unpaired) electrons. The number of ether oxygens (including phenoxy) is 1. The van der Waals surface area contributed by atoms with Crippen LogP contribution in [0.2, 0.25) is 0 Å². The number of carboxylic acid groups (broad SMARTS) is 1. The first-order valence-electron chi connectivity index (χ1n) is 5.91. The van der Waals surface area contributed by atoms with Gasteiger partial charge in [-0.15, -0.1) is 0 Å². The number of hydrogen-bond donors (Lipinski definition) is 2. The third-order valence-electron chi connectivity index (χ3n) is 2.02. The first-order valence-corrected chi connectivity index (χ1v) is 6.55. The Morgan fingerprint density at radius 3 is 2.11 bits per heavy atom. The Kier molecular flexibility index (Phi) is 6.52. The predicted molar refractivity (Wildman–Crippen MR) is 73.1 cm³/mol. The third kappa shape index (κ3) is 6.14. The van der Waals surface area contributed by atoms with Gasteiger partial charge in [-0.1, -0.05) is 13.8 Å². The maximum atomic E-state index is 12.0. The lowest BCUT2D eigenvalue weighted by molar-refractivity contribution is -0.142. The van der Waals surface area contributed by atoms with Crippen LogP contribution in [0.25, 0.3) is 0 Å². The van der Waals surface area contributed by atoms with Crippen molar-refractivity contribution in [2.75, 3.05) is 12.3 Å². The summed E-state index contributed by atoms with van der Waals surface area (Å²) in [6.07, 6.45) is -0.613. The SMILES string of the molecule is CC(C)CN(C(=O)OC(C)(C)C)[C@H](CS)C(=O)O. The van der Waals surface area contributed by atoms with Gasteiger partial charge in [-0.25, -0.2) is 9.59 Å². The Morgan fingerprint density at radius 1 is 1.33 bits per heavy atom. The Bertz CT molecular complexity index is 299. The zero-order valence-corrected chi connectivity index (χ0v) is 12.5. The molecule has 0 aliphatic carbocycles. The number of hydrogen-bond acceptors (Lipinski definition) is 4. The molecule has 0 aromatic rings. The molecule has 1 atom stereocenters. The lowest BCUT2D eigenvalue weighted by Crippen LogP contribution is -2.49. The molecule has 1 amide bonds. The zero-order valence-electron chi connectivity index (χ0n) is 11.6. The van der Waals surface area contributed by atoms with Crippen LogP contribution in [0.4, 0.5) is 4.79 Å². The monoisotopic (exact) mass is 277 g/mol. The van der Waals surface area contributed by atoms with Gasteiger partial charge in [-0.05, 0) is 26.7 Å². The highest BCUT2D eigenvalue weighted by atomic mass is 32.1. The minimum atomic E-state index is -1.07. The van der Waals surface area contributed by atoms with E-state index < -0.39 is 23.7 Å². The second-order valence-electron chi connectivity index (χ2n) is 5.56. The van der Waals surface area contributed by atoms with Crippen molar-refractivity contribution in [2.45, 2.75) is 46.3 Å². The van der Waals surface area contributed by atoms with Crippen molar-refractivity contribution in [3.8, 4) is 0 Å². The topological polar surface area (TPSA) is 66.8 Å². The van der Waals surface area contributed by atoms with Crippen molar-refractivity contribution in [1.29, 1.82) is 0 Å². The molecule has 106 valence electrons. The van der Waals surface area contributed by atoms with E-state index in [1.54, 1.807) is 20.8 Å². The average Bonchev–Trinajstić information content (AvgIpc) is 2.13. The van der Waals surface area contributed by atoms with E-state index in [4.69, 9.17) is 9.84 Å². The second kappa shape index (κ2) is 6.87. The van der Waals surface area contributed by atoms with Gasteiger partial charge in [0, 0.05) is 12.3 Å². The van der Waals surface area contributed by atoms with Crippen LogP contribution in [0, 0.1) is 5.92 Å². The van der Waals surface area contributed by atoms with Crippen LogP contribution in [-0.2, 0) is 9.53 Å². The second-order valence-corrected chi connectivity index (χ2v) is 5.93. The predicted octanol–water partition coefficient (Wildman–Crippen LogP) is 2.26. The molecular weight excluding hydrogens is 254 g/mol. The van der Waals surface area contributed by atoms with Gasteiger partial charge in [0.15, 0.2) is 0 Å². The fraction of sp³-hybridized carbons (Fsp3) is 0.833. The Labute approximate surface area is 114 Å². The molecule has 0 rings (SSSR count). The Hall–Kier alpha value is -0.910. The fourth-order valence-corrected chi connectivity index (χ4v) is 1.71. The number of carbonyl (C=O) groups excluding carboxylic acids is 1. The summed E-state index contributed by atoms with van der Waals surface area (Å²) < 4.78 is 5.22. The number of carboxylic acids is 1. The van der Waals surface area contributed by atoms with E-state index in [2.05, 4.69) is 12.6 Å². The number of aliphatic carboxylic acids is 1. The average molecular weight is 277 g/mol.